The number of H-pyrrole nitrogens is 1. The van der Waals surface area contributed by atoms with E-state index >= 15 is 0 Å². The molecule has 0 aliphatic heterocycles. The van der Waals surface area contributed by atoms with Gasteiger partial charge in [0, 0.05) is 13.3 Å². The smallest absolute Gasteiger partial charge is 0.344 e. The van der Waals surface area contributed by atoms with Crippen molar-refractivity contribution in [2.75, 3.05) is 13.2 Å². The van der Waals surface area contributed by atoms with Crippen LogP contribution in [0.1, 0.15) is 26.5 Å². The second-order valence-corrected chi connectivity index (χ2v) is 4.38. The number of esters is 2. The summed E-state index contributed by atoms with van der Waals surface area (Å²) < 4.78 is 23.3. The summed E-state index contributed by atoms with van der Waals surface area (Å²) in [6.45, 7) is 4.16. The van der Waals surface area contributed by atoms with Crippen LogP contribution in [0.2, 0.25) is 0 Å². The third-order valence-corrected chi connectivity index (χ3v) is 2.74. The van der Waals surface area contributed by atoms with Crippen LogP contribution in [0.15, 0.2) is 6.33 Å². The Morgan fingerprint density at radius 3 is 2.18 bits per heavy atom. The Labute approximate surface area is 126 Å². The van der Waals surface area contributed by atoms with Crippen molar-refractivity contribution in [2.45, 2.75) is 32.7 Å². The zero-order valence-corrected chi connectivity index (χ0v) is 12.6. The number of halogens is 1. The van der Waals surface area contributed by atoms with Crippen LogP contribution in [-0.2, 0) is 30.3 Å². The first kappa shape index (κ1) is 17.6. The fourth-order valence-electron chi connectivity index (χ4n) is 1.88. The number of nitrogens with zero attached hydrogens (tertiary/aromatic N) is 1. The van der Waals surface area contributed by atoms with Gasteiger partial charge in [-0.05, 0) is 13.8 Å². The predicted molar refractivity (Wildman–Crippen MR) is 72.1 cm³/mol. The number of aromatic nitrogens is 2. The van der Waals surface area contributed by atoms with Gasteiger partial charge in [-0.2, -0.15) is 4.39 Å². The molecule has 0 atom stereocenters. The Balaban J connectivity index is 3.29. The second-order valence-electron chi connectivity index (χ2n) is 4.38. The molecule has 1 heterocycles. The van der Waals surface area contributed by atoms with Gasteiger partial charge in [-0.15, -0.1) is 0 Å². The van der Waals surface area contributed by atoms with Crippen molar-refractivity contribution in [3.8, 4) is 0 Å². The van der Waals surface area contributed by atoms with Crippen LogP contribution in [0.3, 0.4) is 0 Å². The summed E-state index contributed by atoms with van der Waals surface area (Å²) in [6.07, 6.45) is 0.565. The fourth-order valence-corrected chi connectivity index (χ4v) is 1.88. The van der Waals surface area contributed by atoms with Crippen molar-refractivity contribution in [3.05, 3.63) is 18.0 Å². The van der Waals surface area contributed by atoms with Crippen LogP contribution in [0.5, 0.6) is 0 Å². The summed E-state index contributed by atoms with van der Waals surface area (Å²) in [5.74, 6) is -3.61. The quantitative estimate of drug-likeness (QED) is 0.545. The van der Waals surface area contributed by atoms with Crippen LogP contribution >= 0.6 is 0 Å². The van der Waals surface area contributed by atoms with E-state index in [-0.39, 0.29) is 18.9 Å². The molecule has 0 aliphatic rings. The first-order valence-electron chi connectivity index (χ1n) is 6.68. The molecule has 122 valence electrons. The monoisotopic (exact) mass is 315 g/mol. The van der Waals surface area contributed by atoms with Gasteiger partial charge in [-0.3, -0.25) is 4.79 Å². The molecule has 0 aliphatic carbocycles. The number of nitrogens with one attached hydrogen (secondary N) is 2. The van der Waals surface area contributed by atoms with Gasteiger partial charge in [0.05, 0.1) is 25.2 Å². The van der Waals surface area contributed by atoms with Crippen molar-refractivity contribution in [2.24, 2.45) is 0 Å². The fraction of sp³-hybridized carbons (Fsp3) is 0.538. The molecule has 0 saturated carbocycles. The van der Waals surface area contributed by atoms with E-state index in [0.29, 0.717) is 0 Å². The summed E-state index contributed by atoms with van der Waals surface area (Å²) in [7, 11) is 0. The van der Waals surface area contributed by atoms with E-state index in [9.17, 15) is 18.8 Å². The van der Waals surface area contributed by atoms with Crippen molar-refractivity contribution >= 4 is 17.8 Å². The van der Waals surface area contributed by atoms with E-state index in [2.05, 4.69) is 15.3 Å². The molecular formula is C13H18FN3O5. The van der Waals surface area contributed by atoms with Crippen molar-refractivity contribution in [1.29, 1.82) is 0 Å². The summed E-state index contributed by atoms with van der Waals surface area (Å²) in [5, 5.41) is 2.23. The van der Waals surface area contributed by atoms with Crippen LogP contribution < -0.4 is 5.32 Å². The van der Waals surface area contributed by atoms with Gasteiger partial charge in [0.2, 0.25) is 17.4 Å². The number of rotatable bonds is 7. The maximum absolute atomic E-state index is 13.6. The van der Waals surface area contributed by atoms with Gasteiger partial charge in [0.15, 0.2) is 0 Å². The lowest BCUT2D eigenvalue weighted by molar-refractivity contribution is -0.168. The van der Waals surface area contributed by atoms with E-state index in [1.807, 2.05) is 0 Å². The molecule has 2 N–H and O–H groups in total. The van der Waals surface area contributed by atoms with Gasteiger partial charge in [0.25, 0.3) is 0 Å². The minimum Gasteiger partial charge on any atom is -0.464 e. The minimum absolute atomic E-state index is 0.0228. The molecule has 0 spiro atoms. The van der Waals surface area contributed by atoms with Crippen molar-refractivity contribution in [1.82, 2.24) is 15.3 Å². The Morgan fingerprint density at radius 2 is 1.82 bits per heavy atom. The molecule has 0 fully saturated rings. The largest absolute Gasteiger partial charge is 0.464 e. The molecule has 0 bridgehead atoms. The standard InChI is InChI=1S/C13H18FN3O5/c1-4-21-11(19)13(17-8(3)18,12(20)22-5-2)6-9-10(14)16-7-15-9/h7H,4-6H2,1-3H3,(H,15,16)(H,17,18). The molecular weight excluding hydrogens is 297 g/mol. The third kappa shape index (κ3) is 3.80. The number of ether oxygens (including phenoxy) is 2. The van der Waals surface area contributed by atoms with Gasteiger partial charge in [-0.1, -0.05) is 0 Å². The molecule has 9 heteroatoms. The Hall–Kier alpha value is -2.45. The highest BCUT2D eigenvalue weighted by Gasteiger charge is 2.51. The lowest BCUT2D eigenvalue weighted by Gasteiger charge is -2.29. The first-order valence-corrected chi connectivity index (χ1v) is 6.68. The number of carbonyl (C=O) groups excluding carboxylic acids is 3. The topological polar surface area (TPSA) is 110 Å². The summed E-state index contributed by atoms with van der Waals surface area (Å²) in [6, 6.07) is 0. The van der Waals surface area contributed by atoms with Crippen molar-refractivity contribution in [3.63, 3.8) is 0 Å². The van der Waals surface area contributed by atoms with Gasteiger partial charge >= 0.3 is 11.9 Å². The molecule has 1 aromatic heterocycles. The molecule has 8 nitrogen and oxygen atoms in total. The van der Waals surface area contributed by atoms with E-state index in [4.69, 9.17) is 9.47 Å². The molecule has 1 rings (SSSR count). The Bertz CT molecular complexity index is 540. The summed E-state index contributed by atoms with van der Waals surface area (Å²) in [5.41, 5.74) is -2.31. The van der Waals surface area contributed by atoms with Crippen LogP contribution in [0, 0.1) is 5.95 Å². The van der Waals surface area contributed by atoms with E-state index < -0.39 is 35.8 Å². The average Bonchev–Trinajstić information content (AvgIpc) is 2.83. The molecule has 0 saturated heterocycles. The van der Waals surface area contributed by atoms with E-state index in [0.717, 1.165) is 13.3 Å². The number of imidazole rings is 1. The highest BCUT2D eigenvalue weighted by Crippen LogP contribution is 2.19. The molecule has 0 radical (unpaired) electrons. The normalized spacial score (nSPS) is 10.9. The predicted octanol–water partition coefficient (Wildman–Crippen LogP) is 0.0924. The summed E-state index contributed by atoms with van der Waals surface area (Å²) >= 11 is 0. The van der Waals surface area contributed by atoms with Crippen LogP contribution in [-0.4, -0.2) is 46.6 Å². The second kappa shape index (κ2) is 7.53. The average molecular weight is 315 g/mol. The molecule has 1 amide bonds. The first-order chi connectivity index (χ1) is 10.4. The highest BCUT2D eigenvalue weighted by atomic mass is 19.1. The lowest BCUT2D eigenvalue weighted by atomic mass is 9.93. The maximum atomic E-state index is 13.6. The zero-order valence-electron chi connectivity index (χ0n) is 12.6. The molecule has 0 aromatic carbocycles. The number of hydrogen-bond acceptors (Lipinski definition) is 6. The number of amides is 1. The SMILES string of the molecule is CCOC(=O)C(Cc1[nH]cnc1F)(NC(C)=O)C(=O)OCC. The highest BCUT2D eigenvalue weighted by molar-refractivity contribution is 6.08. The number of aromatic amines is 1. The van der Waals surface area contributed by atoms with Gasteiger partial charge < -0.3 is 19.8 Å². The molecule has 0 unspecified atom stereocenters. The zero-order chi connectivity index (χ0) is 16.8. The molecule has 1 aromatic rings. The van der Waals surface area contributed by atoms with Gasteiger partial charge in [0.1, 0.15) is 0 Å². The molecule has 22 heavy (non-hydrogen) atoms. The van der Waals surface area contributed by atoms with E-state index in [1.165, 1.54) is 0 Å². The third-order valence-electron chi connectivity index (χ3n) is 2.74. The Kier molecular flexibility index (Phi) is 6.02. The van der Waals surface area contributed by atoms with Crippen LogP contribution in [0.4, 0.5) is 4.39 Å². The van der Waals surface area contributed by atoms with Crippen molar-refractivity contribution < 1.29 is 28.2 Å². The summed E-state index contributed by atoms with van der Waals surface area (Å²) in [4.78, 5) is 41.8. The minimum atomic E-state index is -2.18. The number of hydrogen-bond donors (Lipinski definition) is 2. The van der Waals surface area contributed by atoms with Crippen LogP contribution in [0.25, 0.3) is 0 Å². The Morgan fingerprint density at radius 1 is 1.27 bits per heavy atom. The number of carbonyl (C=O) groups is 3. The van der Waals surface area contributed by atoms with E-state index in [1.54, 1.807) is 13.8 Å². The van der Waals surface area contributed by atoms with Gasteiger partial charge in [-0.25, -0.2) is 14.6 Å². The lowest BCUT2D eigenvalue weighted by Crippen LogP contribution is -2.62. The maximum Gasteiger partial charge on any atom is 0.344 e.